The molecule has 12 heteroatoms. The van der Waals surface area contributed by atoms with Gasteiger partial charge in [-0.3, -0.25) is 0 Å². The Morgan fingerprint density at radius 2 is 1.07 bits per heavy atom. The summed E-state index contributed by atoms with van der Waals surface area (Å²) in [6, 6.07) is 5.48. The van der Waals surface area contributed by atoms with Crippen molar-refractivity contribution in [3.05, 3.63) is 47.5 Å². The molecule has 0 saturated heterocycles. The van der Waals surface area contributed by atoms with Gasteiger partial charge in [0.1, 0.15) is 0 Å². The van der Waals surface area contributed by atoms with Gasteiger partial charge in [-0.1, -0.05) is 12.1 Å². The van der Waals surface area contributed by atoms with Gasteiger partial charge in [-0.15, -0.1) is 0 Å². The summed E-state index contributed by atoms with van der Waals surface area (Å²) in [5, 5.41) is 64.0. The van der Waals surface area contributed by atoms with E-state index in [1.165, 1.54) is 31.2 Å². The summed E-state index contributed by atoms with van der Waals surface area (Å²) in [6.07, 6.45) is 0.556. The van der Waals surface area contributed by atoms with Crippen LogP contribution >= 0.6 is 0 Å². The first-order valence-electron chi connectivity index (χ1n) is 7.64. The Kier molecular flexibility index (Phi) is 20.4. The van der Waals surface area contributed by atoms with Crippen molar-refractivity contribution in [3.8, 4) is 0 Å². The van der Waals surface area contributed by atoms with Gasteiger partial charge < -0.3 is 40.9 Å². The van der Waals surface area contributed by atoms with Gasteiger partial charge in [0.05, 0.1) is 37.1 Å². The van der Waals surface area contributed by atoms with Crippen molar-refractivity contribution in [3.63, 3.8) is 0 Å². The first-order valence-corrected chi connectivity index (χ1v) is 7.64. The summed E-state index contributed by atoms with van der Waals surface area (Å²) in [6.45, 7) is 1.14. The van der Waals surface area contributed by atoms with Gasteiger partial charge in [0.15, 0.2) is 0 Å². The standard InChI is InChI=1S/C8H6O4.C4H4O4.C3H8O2.C2H6O2/c9-7(10)5-3-1-2-4-6(5)8(11)12;5-3(6)1-2-4(7)8;1-3(5)2-4;3-1-2-4/h1-4H,(H,9,10)(H,11,12);1-2H,(H,5,6)(H,7,8);3-5H,2H2,1H3;3-4H,1-2H2/b;2-1+;;. The van der Waals surface area contributed by atoms with Crippen LogP contribution < -0.4 is 0 Å². The second kappa shape index (κ2) is 19.4. The average Bonchev–Trinajstić information content (AvgIpc) is 2.67. The SMILES string of the molecule is CC(O)CO.O=C(O)/C=C/C(=O)O.O=C(O)c1ccccc1C(=O)O.OCCO. The van der Waals surface area contributed by atoms with Crippen molar-refractivity contribution in [2.45, 2.75) is 13.0 Å². The number of rotatable bonds is 6. The predicted molar refractivity (Wildman–Crippen MR) is 97.7 cm³/mol. The molecule has 12 nitrogen and oxygen atoms in total. The van der Waals surface area contributed by atoms with Gasteiger partial charge >= 0.3 is 23.9 Å². The van der Waals surface area contributed by atoms with Crippen molar-refractivity contribution >= 4 is 23.9 Å². The van der Waals surface area contributed by atoms with Crippen LogP contribution in [0.25, 0.3) is 0 Å². The molecule has 0 radical (unpaired) electrons. The Bertz CT molecular complexity index is 601. The fourth-order valence-corrected chi connectivity index (χ4v) is 0.999. The maximum absolute atomic E-state index is 10.5. The largest absolute Gasteiger partial charge is 0.478 e. The Labute approximate surface area is 165 Å². The number of carboxylic acid groups (broad SMARTS) is 4. The molecule has 0 aliphatic carbocycles. The molecule has 8 N–H and O–H groups in total. The van der Waals surface area contributed by atoms with Gasteiger partial charge in [0.2, 0.25) is 0 Å². The molecule has 1 aromatic carbocycles. The summed E-state index contributed by atoms with van der Waals surface area (Å²) < 4.78 is 0. The number of hydrogen-bond donors (Lipinski definition) is 8. The predicted octanol–water partition coefficient (Wildman–Crippen LogP) is -0.875. The Morgan fingerprint density at radius 3 is 1.21 bits per heavy atom. The molecular formula is C17H24O12. The van der Waals surface area contributed by atoms with Gasteiger partial charge in [0, 0.05) is 12.2 Å². The first-order chi connectivity index (χ1) is 13.4. The minimum Gasteiger partial charge on any atom is -0.478 e. The second-order valence-electron chi connectivity index (χ2n) is 4.64. The molecule has 0 saturated carbocycles. The summed E-state index contributed by atoms with van der Waals surface area (Å²) >= 11 is 0. The lowest BCUT2D eigenvalue weighted by Crippen LogP contribution is -2.06. The molecule has 0 fully saturated rings. The van der Waals surface area contributed by atoms with Crippen molar-refractivity contribution in [2.24, 2.45) is 0 Å². The van der Waals surface area contributed by atoms with E-state index in [0.717, 1.165) is 0 Å². The van der Waals surface area contributed by atoms with E-state index in [1.807, 2.05) is 0 Å². The number of aliphatic hydroxyl groups excluding tert-OH is 4. The molecule has 0 aliphatic heterocycles. The summed E-state index contributed by atoms with van der Waals surface area (Å²) in [7, 11) is 0. The number of aliphatic carboxylic acids is 2. The van der Waals surface area contributed by atoms with E-state index in [1.54, 1.807) is 0 Å². The molecule has 0 amide bonds. The number of aromatic carboxylic acids is 2. The maximum Gasteiger partial charge on any atom is 0.336 e. The molecule has 0 heterocycles. The molecule has 0 aliphatic rings. The van der Waals surface area contributed by atoms with E-state index in [4.69, 9.17) is 40.9 Å². The van der Waals surface area contributed by atoms with E-state index >= 15 is 0 Å². The van der Waals surface area contributed by atoms with Crippen LogP contribution in [-0.4, -0.2) is 90.7 Å². The van der Waals surface area contributed by atoms with Gasteiger partial charge in [-0.05, 0) is 19.1 Å². The highest BCUT2D eigenvalue weighted by molar-refractivity contribution is 6.01. The van der Waals surface area contributed by atoms with E-state index in [2.05, 4.69) is 0 Å². The van der Waals surface area contributed by atoms with Crippen molar-refractivity contribution in [1.29, 1.82) is 0 Å². The Balaban J connectivity index is -0.000000345. The van der Waals surface area contributed by atoms with E-state index in [0.29, 0.717) is 12.2 Å². The highest BCUT2D eigenvalue weighted by Crippen LogP contribution is 2.07. The van der Waals surface area contributed by atoms with Crippen LogP contribution in [-0.2, 0) is 9.59 Å². The molecule has 0 aromatic heterocycles. The van der Waals surface area contributed by atoms with Gasteiger partial charge in [-0.2, -0.15) is 0 Å². The lowest BCUT2D eigenvalue weighted by Gasteiger charge is -1.98. The normalized spacial score (nSPS) is 10.1. The molecule has 1 aromatic rings. The van der Waals surface area contributed by atoms with Gasteiger partial charge in [-0.25, -0.2) is 19.2 Å². The Hall–Kier alpha value is -3.32. The fraction of sp³-hybridized carbons (Fsp3) is 0.294. The smallest absolute Gasteiger partial charge is 0.336 e. The highest BCUT2D eigenvalue weighted by Gasteiger charge is 2.13. The minimum absolute atomic E-state index is 0.125. The number of carbonyl (C=O) groups is 4. The van der Waals surface area contributed by atoms with Crippen LogP contribution in [0, 0.1) is 0 Å². The van der Waals surface area contributed by atoms with Crippen LogP contribution in [0.1, 0.15) is 27.6 Å². The number of carboxylic acids is 4. The van der Waals surface area contributed by atoms with Crippen LogP contribution in [0.15, 0.2) is 36.4 Å². The topological polar surface area (TPSA) is 230 Å². The molecule has 0 spiro atoms. The molecule has 1 unspecified atom stereocenters. The summed E-state index contributed by atoms with van der Waals surface area (Å²) in [5.41, 5.74) is -0.380. The van der Waals surface area contributed by atoms with Crippen LogP contribution in [0.4, 0.5) is 0 Å². The molecule has 164 valence electrons. The second-order valence-corrected chi connectivity index (χ2v) is 4.64. The molecule has 1 rings (SSSR count). The zero-order valence-corrected chi connectivity index (χ0v) is 15.4. The van der Waals surface area contributed by atoms with Crippen LogP contribution in [0.2, 0.25) is 0 Å². The van der Waals surface area contributed by atoms with Crippen LogP contribution in [0.3, 0.4) is 0 Å². The lowest BCUT2D eigenvalue weighted by atomic mass is 10.1. The number of hydrogen-bond acceptors (Lipinski definition) is 8. The van der Waals surface area contributed by atoms with Gasteiger partial charge in [0.25, 0.3) is 0 Å². The highest BCUT2D eigenvalue weighted by atomic mass is 16.4. The quantitative estimate of drug-likeness (QED) is 0.262. The van der Waals surface area contributed by atoms with E-state index in [9.17, 15) is 19.2 Å². The lowest BCUT2D eigenvalue weighted by molar-refractivity contribution is -0.134. The number of benzene rings is 1. The minimum atomic E-state index is -1.26. The molecule has 0 bridgehead atoms. The third kappa shape index (κ3) is 22.6. The van der Waals surface area contributed by atoms with E-state index < -0.39 is 30.0 Å². The molecular weight excluding hydrogens is 396 g/mol. The third-order valence-corrected chi connectivity index (χ3v) is 2.12. The number of aliphatic hydroxyl groups is 4. The average molecular weight is 420 g/mol. The molecule has 1 atom stereocenters. The van der Waals surface area contributed by atoms with Crippen molar-refractivity contribution in [1.82, 2.24) is 0 Å². The van der Waals surface area contributed by atoms with Crippen molar-refractivity contribution in [2.75, 3.05) is 19.8 Å². The zero-order chi connectivity index (χ0) is 23.4. The first kappa shape index (κ1) is 30.4. The van der Waals surface area contributed by atoms with Crippen LogP contribution in [0.5, 0.6) is 0 Å². The molecule has 29 heavy (non-hydrogen) atoms. The monoisotopic (exact) mass is 420 g/mol. The third-order valence-electron chi connectivity index (χ3n) is 2.12. The summed E-state index contributed by atoms with van der Waals surface area (Å²) in [5.74, 6) is -4.97. The van der Waals surface area contributed by atoms with E-state index in [-0.39, 0.29) is 30.9 Å². The zero-order valence-electron chi connectivity index (χ0n) is 15.4. The summed E-state index contributed by atoms with van der Waals surface area (Å²) in [4.78, 5) is 40.0. The Morgan fingerprint density at radius 1 is 0.793 bits per heavy atom. The van der Waals surface area contributed by atoms with Crippen molar-refractivity contribution < 1.29 is 60.0 Å². The fourth-order valence-electron chi connectivity index (χ4n) is 0.999. The maximum atomic E-state index is 10.5.